The lowest BCUT2D eigenvalue weighted by Gasteiger charge is -2.05. The first kappa shape index (κ1) is 8.51. The van der Waals surface area contributed by atoms with Crippen molar-refractivity contribution in [1.29, 1.82) is 0 Å². The Morgan fingerprint density at radius 3 is 2.94 bits per heavy atom. The number of para-hydroxylation sites is 1. The Morgan fingerprint density at radius 1 is 1.12 bits per heavy atom. The second-order valence-corrected chi connectivity index (χ2v) is 3.86. The Balaban J connectivity index is 2.50. The fraction of sp³-hybridized carbons (Fsp3) is 0. The van der Waals surface area contributed by atoms with E-state index in [9.17, 15) is 0 Å². The van der Waals surface area contributed by atoms with Crippen LogP contribution < -0.4 is 5.73 Å². The summed E-state index contributed by atoms with van der Waals surface area (Å²) < 4.78 is 3.78. The van der Waals surface area contributed by atoms with E-state index in [1.54, 1.807) is 16.9 Å². The predicted octanol–water partition coefficient (Wildman–Crippen LogP) is 1.11. The van der Waals surface area contributed by atoms with Gasteiger partial charge in [-0.15, -0.1) is 10.2 Å². The molecule has 0 atom stereocenters. The molecule has 6 heteroatoms. The van der Waals surface area contributed by atoms with Gasteiger partial charge in [0, 0.05) is 5.39 Å². The van der Waals surface area contributed by atoms with Crippen LogP contribution in [-0.4, -0.2) is 24.0 Å². The average molecular weight is 224 g/mol. The molecule has 0 fully saturated rings. The van der Waals surface area contributed by atoms with E-state index in [1.807, 2.05) is 28.7 Å². The van der Waals surface area contributed by atoms with Gasteiger partial charge in [-0.1, -0.05) is 12.1 Å². The van der Waals surface area contributed by atoms with Gasteiger partial charge in [0.2, 0.25) is 5.95 Å². The molecular weight excluding hydrogens is 216 g/mol. The van der Waals surface area contributed by atoms with Crippen molar-refractivity contribution in [1.82, 2.24) is 24.0 Å². The molecular formula is C11H8N6. The number of nitrogen functional groups attached to an aromatic ring is 1. The minimum absolute atomic E-state index is 0.372. The average Bonchev–Trinajstić information content (AvgIpc) is 2.96. The van der Waals surface area contributed by atoms with E-state index in [0.717, 1.165) is 22.2 Å². The summed E-state index contributed by atoms with van der Waals surface area (Å²) in [6.45, 7) is 0. The van der Waals surface area contributed by atoms with Crippen molar-refractivity contribution in [3.05, 3.63) is 36.8 Å². The minimum Gasteiger partial charge on any atom is -0.368 e. The monoisotopic (exact) mass is 224 g/mol. The van der Waals surface area contributed by atoms with Crippen LogP contribution in [0.4, 0.5) is 5.95 Å². The third-order valence-corrected chi connectivity index (χ3v) is 2.94. The van der Waals surface area contributed by atoms with Crippen LogP contribution in [0.2, 0.25) is 0 Å². The zero-order chi connectivity index (χ0) is 11.4. The highest BCUT2D eigenvalue weighted by Gasteiger charge is 2.12. The molecule has 17 heavy (non-hydrogen) atoms. The van der Waals surface area contributed by atoms with Crippen molar-refractivity contribution >= 4 is 28.1 Å². The van der Waals surface area contributed by atoms with Crippen LogP contribution in [-0.2, 0) is 0 Å². The van der Waals surface area contributed by atoms with Gasteiger partial charge in [0.1, 0.15) is 12.0 Å². The normalized spacial score (nSPS) is 11.8. The van der Waals surface area contributed by atoms with Crippen molar-refractivity contribution in [3.63, 3.8) is 0 Å². The molecule has 0 aliphatic carbocycles. The number of anilines is 1. The van der Waals surface area contributed by atoms with E-state index in [0.29, 0.717) is 5.95 Å². The van der Waals surface area contributed by atoms with Crippen LogP contribution >= 0.6 is 0 Å². The molecule has 4 rings (SSSR count). The number of hydrogen-bond donors (Lipinski definition) is 1. The summed E-state index contributed by atoms with van der Waals surface area (Å²) in [7, 11) is 0. The number of rotatable bonds is 0. The molecule has 82 valence electrons. The quantitative estimate of drug-likeness (QED) is 0.485. The molecule has 0 amide bonds. The van der Waals surface area contributed by atoms with Gasteiger partial charge < -0.3 is 5.73 Å². The molecule has 0 saturated heterocycles. The lowest BCUT2D eigenvalue weighted by Crippen LogP contribution is -1.99. The van der Waals surface area contributed by atoms with Gasteiger partial charge in [0.15, 0.2) is 5.65 Å². The van der Waals surface area contributed by atoms with Crippen molar-refractivity contribution in [2.24, 2.45) is 0 Å². The SMILES string of the molecule is Nc1nnc2c3ccccc3n3cncc3n12. The van der Waals surface area contributed by atoms with Crippen LogP contribution in [0.5, 0.6) is 0 Å². The number of hydrogen-bond acceptors (Lipinski definition) is 4. The summed E-state index contributed by atoms with van der Waals surface area (Å²) in [6, 6.07) is 7.97. The van der Waals surface area contributed by atoms with Gasteiger partial charge in [-0.05, 0) is 12.1 Å². The maximum atomic E-state index is 5.84. The van der Waals surface area contributed by atoms with Crippen molar-refractivity contribution in [2.45, 2.75) is 0 Å². The molecule has 2 N–H and O–H groups in total. The Kier molecular flexibility index (Phi) is 1.37. The van der Waals surface area contributed by atoms with E-state index in [1.165, 1.54) is 0 Å². The fourth-order valence-corrected chi connectivity index (χ4v) is 2.21. The largest absolute Gasteiger partial charge is 0.368 e. The first-order valence-electron chi connectivity index (χ1n) is 5.19. The first-order chi connectivity index (χ1) is 8.36. The molecule has 1 aromatic carbocycles. The van der Waals surface area contributed by atoms with Gasteiger partial charge in [-0.3, -0.25) is 4.40 Å². The standard InChI is InChI=1S/C11H8N6/c12-11-15-14-10-7-3-1-2-4-8(7)16-6-13-5-9(16)17(10)11/h1-6H,(H2,12,15). The third-order valence-electron chi connectivity index (χ3n) is 2.94. The van der Waals surface area contributed by atoms with Crippen molar-refractivity contribution in [3.8, 4) is 0 Å². The number of imidazole rings is 1. The highest BCUT2D eigenvalue weighted by atomic mass is 15.3. The number of benzene rings is 1. The Labute approximate surface area is 95.3 Å². The van der Waals surface area contributed by atoms with Gasteiger partial charge in [-0.25, -0.2) is 9.38 Å². The summed E-state index contributed by atoms with van der Waals surface area (Å²) in [5.74, 6) is 0.372. The molecule has 4 aromatic rings. The topological polar surface area (TPSA) is 73.5 Å². The number of fused-ring (bicyclic) bond motifs is 6. The van der Waals surface area contributed by atoms with Crippen molar-refractivity contribution in [2.75, 3.05) is 5.73 Å². The Bertz CT molecular complexity index is 856. The van der Waals surface area contributed by atoms with E-state index < -0.39 is 0 Å². The maximum Gasteiger partial charge on any atom is 0.228 e. The highest BCUT2D eigenvalue weighted by Crippen LogP contribution is 2.22. The van der Waals surface area contributed by atoms with E-state index >= 15 is 0 Å². The number of nitrogens with two attached hydrogens (primary N) is 1. The van der Waals surface area contributed by atoms with E-state index in [4.69, 9.17) is 5.73 Å². The third kappa shape index (κ3) is 0.919. The fourth-order valence-electron chi connectivity index (χ4n) is 2.21. The minimum atomic E-state index is 0.372. The molecule has 6 nitrogen and oxygen atoms in total. The lowest BCUT2D eigenvalue weighted by molar-refractivity contribution is 1.11. The van der Waals surface area contributed by atoms with Crippen LogP contribution in [0.3, 0.4) is 0 Å². The second-order valence-electron chi connectivity index (χ2n) is 3.86. The second kappa shape index (κ2) is 2.73. The molecule has 3 heterocycles. The molecule has 0 aliphatic rings. The van der Waals surface area contributed by atoms with Crippen LogP contribution in [0.25, 0.3) is 22.2 Å². The van der Waals surface area contributed by atoms with Crippen molar-refractivity contribution < 1.29 is 0 Å². The summed E-state index contributed by atoms with van der Waals surface area (Å²) in [5.41, 5.74) is 8.50. The summed E-state index contributed by atoms with van der Waals surface area (Å²) in [5, 5.41) is 9.05. The molecule has 0 radical (unpaired) electrons. The summed E-state index contributed by atoms with van der Waals surface area (Å²) in [4.78, 5) is 4.15. The number of nitrogens with zero attached hydrogens (tertiary/aromatic N) is 5. The Hall–Kier alpha value is -2.63. The van der Waals surface area contributed by atoms with E-state index in [-0.39, 0.29) is 0 Å². The van der Waals surface area contributed by atoms with Gasteiger partial charge >= 0.3 is 0 Å². The van der Waals surface area contributed by atoms with Gasteiger partial charge in [0.25, 0.3) is 0 Å². The zero-order valence-electron chi connectivity index (χ0n) is 8.78. The zero-order valence-corrected chi connectivity index (χ0v) is 8.78. The van der Waals surface area contributed by atoms with E-state index in [2.05, 4.69) is 15.2 Å². The molecule has 0 bridgehead atoms. The first-order valence-corrected chi connectivity index (χ1v) is 5.19. The van der Waals surface area contributed by atoms with Crippen LogP contribution in [0.1, 0.15) is 0 Å². The Morgan fingerprint density at radius 2 is 2.00 bits per heavy atom. The van der Waals surface area contributed by atoms with Gasteiger partial charge in [-0.2, -0.15) is 0 Å². The lowest BCUT2D eigenvalue weighted by atomic mass is 10.2. The molecule has 0 spiro atoms. The maximum absolute atomic E-state index is 5.84. The molecule has 3 aromatic heterocycles. The highest BCUT2D eigenvalue weighted by molar-refractivity contribution is 5.94. The van der Waals surface area contributed by atoms with Crippen LogP contribution in [0.15, 0.2) is 36.8 Å². The molecule has 0 unspecified atom stereocenters. The smallest absolute Gasteiger partial charge is 0.228 e. The molecule has 0 saturated carbocycles. The van der Waals surface area contributed by atoms with Crippen LogP contribution in [0, 0.1) is 0 Å². The van der Waals surface area contributed by atoms with Gasteiger partial charge in [0.05, 0.1) is 11.7 Å². The predicted molar refractivity (Wildman–Crippen MR) is 63.7 cm³/mol. The summed E-state index contributed by atoms with van der Waals surface area (Å²) in [6.07, 6.45) is 3.51. The summed E-state index contributed by atoms with van der Waals surface area (Å²) >= 11 is 0. The number of aromatic nitrogens is 5. The molecule has 0 aliphatic heterocycles.